The van der Waals surface area contributed by atoms with Gasteiger partial charge in [0.1, 0.15) is 11.4 Å². The first-order valence-corrected chi connectivity index (χ1v) is 8.00. The van der Waals surface area contributed by atoms with Crippen LogP contribution in [0.2, 0.25) is 0 Å². The van der Waals surface area contributed by atoms with Crippen molar-refractivity contribution in [1.29, 1.82) is 0 Å². The Morgan fingerprint density at radius 3 is 2.58 bits per heavy atom. The molecule has 1 aromatic carbocycles. The zero-order valence-corrected chi connectivity index (χ0v) is 14.0. The van der Waals surface area contributed by atoms with Crippen LogP contribution in [-0.4, -0.2) is 15.6 Å². The SMILES string of the molecule is CC.Cc1ccc(Nc2cc(=O)n3c(c2C(=O)O)CCC3)c(F)c1. The average molecular weight is 332 g/mol. The minimum atomic E-state index is -1.12. The molecule has 24 heavy (non-hydrogen) atoms. The van der Waals surface area contributed by atoms with E-state index in [4.69, 9.17) is 0 Å². The maximum Gasteiger partial charge on any atom is 0.339 e. The Bertz CT molecular complexity index is 828. The molecule has 0 radical (unpaired) electrons. The summed E-state index contributed by atoms with van der Waals surface area (Å²) < 4.78 is 15.4. The van der Waals surface area contributed by atoms with E-state index in [1.807, 2.05) is 13.8 Å². The van der Waals surface area contributed by atoms with Gasteiger partial charge in [0.2, 0.25) is 0 Å². The Morgan fingerprint density at radius 2 is 1.96 bits per heavy atom. The van der Waals surface area contributed by atoms with Gasteiger partial charge in [-0.25, -0.2) is 9.18 Å². The molecule has 0 aliphatic carbocycles. The minimum absolute atomic E-state index is 0.0390. The lowest BCUT2D eigenvalue weighted by atomic mass is 10.1. The molecule has 0 saturated carbocycles. The highest BCUT2D eigenvalue weighted by Gasteiger charge is 2.24. The van der Waals surface area contributed by atoms with Crippen molar-refractivity contribution in [3.8, 4) is 0 Å². The second kappa shape index (κ2) is 7.29. The van der Waals surface area contributed by atoms with Gasteiger partial charge in [-0.05, 0) is 37.5 Å². The average Bonchev–Trinajstić information content (AvgIpc) is 3.01. The number of pyridine rings is 1. The molecule has 0 bridgehead atoms. The lowest BCUT2D eigenvalue weighted by molar-refractivity contribution is 0.0696. The van der Waals surface area contributed by atoms with Crippen LogP contribution in [0.1, 0.15) is 41.9 Å². The summed E-state index contributed by atoms with van der Waals surface area (Å²) in [5.41, 5.74) is 1.30. The number of hydrogen-bond acceptors (Lipinski definition) is 3. The molecule has 0 atom stereocenters. The number of nitrogens with one attached hydrogen (secondary N) is 1. The molecule has 0 fully saturated rings. The van der Waals surface area contributed by atoms with E-state index in [1.165, 1.54) is 22.8 Å². The molecule has 1 aliphatic rings. The first-order chi connectivity index (χ1) is 11.5. The number of benzene rings is 1. The monoisotopic (exact) mass is 332 g/mol. The summed E-state index contributed by atoms with van der Waals surface area (Å²) in [6.07, 6.45) is 1.26. The summed E-state index contributed by atoms with van der Waals surface area (Å²) in [6.45, 7) is 6.28. The number of hydrogen-bond donors (Lipinski definition) is 2. The summed E-state index contributed by atoms with van der Waals surface area (Å²) in [5, 5.41) is 12.2. The van der Waals surface area contributed by atoms with Gasteiger partial charge in [0, 0.05) is 18.3 Å². The molecule has 0 unspecified atom stereocenters. The zero-order valence-electron chi connectivity index (χ0n) is 14.0. The highest BCUT2D eigenvalue weighted by Crippen LogP contribution is 2.27. The lowest BCUT2D eigenvalue weighted by Gasteiger charge is -2.14. The van der Waals surface area contributed by atoms with Gasteiger partial charge in [-0.1, -0.05) is 19.9 Å². The van der Waals surface area contributed by atoms with Gasteiger partial charge < -0.3 is 15.0 Å². The van der Waals surface area contributed by atoms with Crippen LogP contribution in [0.25, 0.3) is 0 Å². The molecule has 2 N–H and O–H groups in total. The summed E-state index contributed by atoms with van der Waals surface area (Å²) in [7, 11) is 0. The number of nitrogens with zero attached hydrogens (tertiary/aromatic N) is 1. The maximum atomic E-state index is 14.0. The summed E-state index contributed by atoms with van der Waals surface area (Å²) in [4.78, 5) is 23.6. The van der Waals surface area contributed by atoms with Gasteiger partial charge in [-0.2, -0.15) is 0 Å². The van der Waals surface area contributed by atoms with E-state index in [1.54, 1.807) is 13.0 Å². The van der Waals surface area contributed by atoms with E-state index < -0.39 is 11.8 Å². The van der Waals surface area contributed by atoms with Crippen molar-refractivity contribution in [2.45, 2.75) is 40.2 Å². The second-order valence-electron chi connectivity index (χ2n) is 5.39. The molecular formula is C18H21FN2O3. The molecule has 128 valence electrons. The van der Waals surface area contributed by atoms with Crippen molar-refractivity contribution in [2.75, 3.05) is 5.32 Å². The van der Waals surface area contributed by atoms with Crippen LogP contribution in [0.3, 0.4) is 0 Å². The number of carboxylic acid groups (broad SMARTS) is 1. The Hall–Kier alpha value is -2.63. The predicted molar refractivity (Wildman–Crippen MR) is 91.8 cm³/mol. The summed E-state index contributed by atoms with van der Waals surface area (Å²) in [6, 6.07) is 5.81. The predicted octanol–water partition coefficient (Wildman–Crippen LogP) is 3.71. The van der Waals surface area contributed by atoms with Crippen molar-refractivity contribution in [3.63, 3.8) is 0 Å². The highest BCUT2D eigenvalue weighted by molar-refractivity contribution is 5.96. The van der Waals surface area contributed by atoms with Crippen LogP contribution in [-0.2, 0) is 13.0 Å². The van der Waals surface area contributed by atoms with Gasteiger partial charge in [0.05, 0.1) is 11.4 Å². The van der Waals surface area contributed by atoms with Crippen molar-refractivity contribution >= 4 is 17.3 Å². The molecule has 3 rings (SSSR count). The standard InChI is InChI=1S/C16H15FN2O3.C2H6/c1-9-4-5-11(10(17)7-9)18-12-8-14(20)19-6-2-3-13(19)15(12)16(21)22;1-2/h4-5,7-8,18H,2-3,6H2,1H3,(H,21,22);1-2H3. The van der Waals surface area contributed by atoms with Crippen LogP contribution in [0, 0.1) is 12.7 Å². The normalized spacial score (nSPS) is 12.2. The number of aromatic carboxylic acids is 1. The van der Waals surface area contributed by atoms with Crippen LogP contribution in [0.15, 0.2) is 29.1 Å². The van der Waals surface area contributed by atoms with Crippen LogP contribution >= 0.6 is 0 Å². The third kappa shape index (κ3) is 3.32. The third-order valence-electron chi connectivity index (χ3n) is 3.82. The minimum Gasteiger partial charge on any atom is -0.478 e. The fourth-order valence-electron chi connectivity index (χ4n) is 2.81. The Labute approximate surface area is 139 Å². The lowest BCUT2D eigenvalue weighted by Crippen LogP contribution is -2.23. The number of rotatable bonds is 3. The molecule has 6 heteroatoms. The van der Waals surface area contributed by atoms with Crippen LogP contribution in [0.5, 0.6) is 0 Å². The Kier molecular flexibility index (Phi) is 5.39. The van der Waals surface area contributed by atoms with Gasteiger partial charge >= 0.3 is 5.97 Å². The zero-order chi connectivity index (χ0) is 17.9. The van der Waals surface area contributed by atoms with Crippen LogP contribution in [0.4, 0.5) is 15.8 Å². The highest BCUT2D eigenvalue weighted by atomic mass is 19.1. The third-order valence-corrected chi connectivity index (χ3v) is 3.82. The van der Waals surface area contributed by atoms with Crippen molar-refractivity contribution in [2.24, 2.45) is 0 Å². The largest absolute Gasteiger partial charge is 0.478 e. The van der Waals surface area contributed by atoms with Crippen LogP contribution < -0.4 is 10.9 Å². The number of carbonyl (C=O) groups is 1. The van der Waals surface area contributed by atoms with E-state index in [2.05, 4.69) is 5.32 Å². The number of aromatic nitrogens is 1. The molecule has 5 nitrogen and oxygen atoms in total. The van der Waals surface area contributed by atoms with Crippen molar-refractivity contribution < 1.29 is 14.3 Å². The molecule has 2 aromatic rings. The van der Waals surface area contributed by atoms with E-state index in [9.17, 15) is 19.1 Å². The summed E-state index contributed by atoms with van der Waals surface area (Å²) >= 11 is 0. The Morgan fingerprint density at radius 1 is 1.25 bits per heavy atom. The number of aryl methyl sites for hydroxylation is 1. The number of anilines is 2. The Balaban J connectivity index is 0.00000100. The molecule has 2 heterocycles. The quantitative estimate of drug-likeness (QED) is 0.899. The van der Waals surface area contributed by atoms with Gasteiger partial charge in [0.25, 0.3) is 5.56 Å². The van der Waals surface area contributed by atoms with E-state index in [-0.39, 0.29) is 22.5 Å². The van der Waals surface area contributed by atoms with Gasteiger partial charge in [-0.15, -0.1) is 0 Å². The molecule has 0 saturated heterocycles. The second-order valence-corrected chi connectivity index (χ2v) is 5.39. The maximum absolute atomic E-state index is 14.0. The van der Waals surface area contributed by atoms with Crippen molar-refractivity contribution in [1.82, 2.24) is 4.57 Å². The van der Waals surface area contributed by atoms with Crippen molar-refractivity contribution in [3.05, 3.63) is 57.3 Å². The first kappa shape index (κ1) is 17.7. The number of halogens is 1. The molecule has 0 amide bonds. The number of fused-ring (bicyclic) bond motifs is 1. The molecule has 0 spiro atoms. The molecular weight excluding hydrogens is 311 g/mol. The van der Waals surface area contributed by atoms with E-state index in [0.717, 1.165) is 12.0 Å². The molecule has 1 aromatic heterocycles. The summed E-state index contributed by atoms with van der Waals surface area (Å²) in [5.74, 6) is -1.61. The fraction of sp³-hybridized carbons (Fsp3) is 0.333. The number of carboxylic acids is 1. The fourth-order valence-corrected chi connectivity index (χ4v) is 2.81. The van der Waals surface area contributed by atoms with E-state index >= 15 is 0 Å². The molecule has 1 aliphatic heterocycles. The van der Waals surface area contributed by atoms with E-state index in [0.29, 0.717) is 18.7 Å². The van der Waals surface area contributed by atoms with Gasteiger partial charge in [0.15, 0.2) is 0 Å². The smallest absolute Gasteiger partial charge is 0.339 e. The van der Waals surface area contributed by atoms with Gasteiger partial charge in [-0.3, -0.25) is 4.79 Å². The topological polar surface area (TPSA) is 71.3 Å². The first-order valence-electron chi connectivity index (χ1n) is 8.00.